The molecule has 1 aliphatic carbocycles. The highest BCUT2D eigenvalue weighted by atomic mass is 79.9. The van der Waals surface area contributed by atoms with Crippen LogP contribution in [0.4, 0.5) is 0 Å². The van der Waals surface area contributed by atoms with E-state index in [0.717, 1.165) is 23.4 Å². The molecule has 0 saturated heterocycles. The molecule has 1 saturated carbocycles. The first-order valence-electron chi connectivity index (χ1n) is 7.70. The first-order chi connectivity index (χ1) is 9.40. The fourth-order valence-corrected chi connectivity index (χ4v) is 3.70. The number of pyridine rings is 1. The summed E-state index contributed by atoms with van der Waals surface area (Å²) in [5.41, 5.74) is 7.61. The zero-order chi connectivity index (χ0) is 14.8. The van der Waals surface area contributed by atoms with Gasteiger partial charge in [0.1, 0.15) is 0 Å². The van der Waals surface area contributed by atoms with Gasteiger partial charge in [0.2, 0.25) is 0 Å². The van der Waals surface area contributed by atoms with E-state index in [1.165, 1.54) is 25.0 Å². The Balaban J connectivity index is 2.07. The molecule has 0 amide bonds. The predicted octanol–water partition coefficient (Wildman–Crippen LogP) is 4.42. The number of aromatic nitrogens is 1. The van der Waals surface area contributed by atoms with Crippen LogP contribution in [0.2, 0.25) is 0 Å². The number of rotatable bonds is 3. The highest BCUT2D eigenvalue weighted by molar-refractivity contribution is 9.10. The van der Waals surface area contributed by atoms with Crippen molar-refractivity contribution in [3.05, 3.63) is 28.5 Å². The Hall–Kier alpha value is -0.410. The van der Waals surface area contributed by atoms with Gasteiger partial charge >= 0.3 is 0 Å². The lowest BCUT2D eigenvalue weighted by molar-refractivity contribution is 0.101. The largest absolute Gasteiger partial charge is 0.330 e. The van der Waals surface area contributed by atoms with Crippen molar-refractivity contribution < 1.29 is 0 Å². The summed E-state index contributed by atoms with van der Waals surface area (Å²) < 4.78 is 1.05. The molecule has 20 heavy (non-hydrogen) atoms. The molecule has 1 fully saturated rings. The van der Waals surface area contributed by atoms with Crippen LogP contribution in [-0.2, 0) is 6.42 Å². The Morgan fingerprint density at radius 2 is 2.00 bits per heavy atom. The van der Waals surface area contributed by atoms with Gasteiger partial charge in [-0.2, -0.15) is 0 Å². The second-order valence-corrected chi connectivity index (χ2v) is 8.22. The predicted molar refractivity (Wildman–Crippen MR) is 88.5 cm³/mol. The maximum absolute atomic E-state index is 6.00. The van der Waals surface area contributed by atoms with Gasteiger partial charge in [-0.3, -0.25) is 4.98 Å². The Bertz CT molecular complexity index is 422. The fraction of sp³-hybridized carbons (Fsp3) is 0.706. The maximum atomic E-state index is 6.00. The van der Waals surface area contributed by atoms with Crippen LogP contribution in [0.15, 0.2) is 22.8 Å². The third kappa shape index (κ3) is 4.05. The molecule has 3 unspecified atom stereocenters. The summed E-state index contributed by atoms with van der Waals surface area (Å²) in [7, 11) is 0. The lowest BCUT2D eigenvalue weighted by Crippen LogP contribution is -2.36. The van der Waals surface area contributed by atoms with Crippen LogP contribution >= 0.6 is 15.9 Å². The van der Waals surface area contributed by atoms with Crippen molar-refractivity contribution in [2.45, 2.75) is 46.5 Å². The van der Waals surface area contributed by atoms with E-state index in [4.69, 9.17) is 5.73 Å². The minimum absolute atomic E-state index is 0.408. The van der Waals surface area contributed by atoms with Crippen LogP contribution < -0.4 is 5.73 Å². The van der Waals surface area contributed by atoms with E-state index in [1.807, 2.05) is 6.20 Å². The minimum atomic E-state index is 0.408. The van der Waals surface area contributed by atoms with Gasteiger partial charge in [-0.15, -0.1) is 0 Å². The van der Waals surface area contributed by atoms with E-state index in [-0.39, 0.29) is 0 Å². The van der Waals surface area contributed by atoms with Crippen molar-refractivity contribution in [1.82, 2.24) is 4.98 Å². The molecule has 0 bridgehead atoms. The normalized spacial score (nSPS) is 27.6. The third-order valence-electron chi connectivity index (χ3n) is 4.93. The smallest absolute Gasteiger partial charge is 0.0413 e. The van der Waals surface area contributed by atoms with Crippen molar-refractivity contribution >= 4 is 15.9 Å². The van der Waals surface area contributed by atoms with E-state index in [9.17, 15) is 0 Å². The summed E-state index contributed by atoms with van der Waals surface area (Å²) in [5, 5.41) is 0. The van der Waals surface area contributed by atoms with Crippen molar-refractivity contribution in [3.8, 4) is 0 Å². The molecule has 0 radical (unpaired) electrons. The highest BCUT2D eigenvalue weighted by Crippen LogP contribution is 2.43. The molecule has 2 nitrogen and oxygen atoms in total. The van der Waals surface area contributed by atoms with Crippen molar-refractivity contribution in [2.75, 3.05) is 6.54 Å². The van der Waals surface area contributed by atoms with Gasteiger partial charge in [0.25, 0.3) is 0 Å². The van der Waals surface area contributed by atoms with Crippen LogP contribution in [0.25, 0.3) is 0 Å². The topological polar surface area (TPSA) is 38.9 Å². The van der Waals surface area contributed by atoms with Crippen LogP contribution in [0.5, 0.6) is 0 Å². The number of nitrogens with two attached hydrogens (primary N) is 1. The summed E-state index contributed by atoms with van der Waals surface area (Å²) in [6.45, 7) is 7.93. The molecule has 0 aromatic carbocycles. The molecule has 2 N–H and O–H groups in total. The quantitative estimate of drug-likeness (QED) is 0.885. The van der Waals surface area contributed by atoms with Crippen LogP contribution in [0.1, 0.15) is 45.7 Å². The van der Waals surface area contributed by atoms with Gasteiger partial charge in [-0.25, -0.2) is 0 Å². The van der Waals surface area contributed by atoms with E-state index in [0.29, 0.717) is 17.3 Å². The fourth-order valence-electron chi connectivity index (χ4n) is 3.47. The average molecular weight is 339 g/mol. The summed E-state index contributed by atoms with van der Waals surface area (Å²) >= 11 is 3.45. The van der Waals surface area contributed by atoms with Gasteiger partial charge < -0.3 is 5.73 Å². The molecule has 1 aliphatic rings. The number of nitrogens with zero attached hydrogens (tertiary/aromatic N) is 1. The molecule has 112 valence electrons. The monoisotopic (exact) mass is 338 g/mol. The first-order valence-corrected chi connectivity index (χ1v) is 8.50. The van der Waals surface area contributed by atoms with Gasteiger partial charge in [-0.05, 0) is 83.5 Å². The molecule has 1 heterocycles. The molecule has 0 spiro atoms. The minimum Gasteiger partial charge on any atom is -0.330 e. The van der Waals surface area contributed by atoms with Crippen LogP contribution in [-0.4, -0.2) is 11.5 Å². The lowest BCUT2D eigenvalue weighted by Gasteiger charge is -2.41. The summed E-state index contributed by atoms with van der Waals surface area (Å²) in [4.78, 5) is 4.54. The Labute approximate surface area is 131 Å². The molecule has 1 aromatic rings. The lowest BCUT2D eigenvalue weighted by atomic mass is 9.64. The second-order valence-electron chi connectivity index (χ2n) is 7.30. The zero-order valence-electron chi connectivity index (χ0n) is 12.9. The van der Waals surface area contributed by atoms with E-state index in [2.05, 4.69) is 53.8 Å². The highest BCUT2D eigenvalue weighted by Gasteiger charge is 2.35. The van der Waals surface area contributed by atoms with Crippen molar-refractivity contribution in [1.29, 1.82) is 0 Å². The standard InChI is InChI=1S/C17H27BrN2/c1-17(2,3)14-5-4-12(10-19)13(8-14)9-16-7-6-15(18)11-20-16/h6-7,11-14H,4-5,8-10,19H2,1-3H3. The van der Waals surface area contributed by atoms with E-state index < -0.39 is 0 Å². The Morgan fingerprint density at radius 1 is 1.25 bits per heavy atom. The molecule has 0 aliphatic heterocycles. The van der Waals surface area contributed by atoms with E-state index >= 15 is 0 Å². The number of halogens is 1. The maximum Gasteiger partial charge on any atom is 0.0413 e. The first kappa shape index (κ1) is 16.0. The van der Waals surface area contributed by atoms with Gasteiger partial charge in [0, 0.05) is 16.4 Å². The molecule has 3 heteroatoms. The van der Waals surface area contributed by atoms with E-state index in [1.54, 1.807) is 0 Å². The summed E-state index contributed by atoms with van der Waals surface area (Å²) in [6, 6.07) is 4.22. The van der Waals surface area contributed by atoms with Crippen molar-refractivity contribution in [3.63, 3.8) is 0 Å². The summed E-state index contributed by atoms with van der Waals surface area (Å²) in [5.74, 6) is 2.16. The zero-order valence-corrected chi connectivity index (χ0v) is 14.5. The van der Waals surface area contributed by atoms with Gasteiger partial charge in [0.05, 0.1) is 0 Å². The molecule has 1 aromatic heterocycles. The second kappa shape index (κ2) is 6.57. The summed E-state index contributed by atoms with van der Waals surface area (Å²) in [6.07, 6.45) is 6.87. The SMILES string of the molecule is CC(C)(C)C1CCC(CN)C(Cc2ccc(Br)cn2)C1. The Morgan fingerprint density at radius 3 is 2.55 bits per heavy atom. The van der Waals surface area contributed by atoms with Gasteiger partial charge in [-0.1, -0.05) is 20.8 Å². The molecular weight excluding hydrogens is 312 g/mol. The van der Waals surface area contributed by atoms with Crippen LogP contribution in [0.3, 0.4) is 0 Å². The van der Waals surface area contributed by atoms with Crippen LogP contribution in [0, 0.1) is 23.2 Å². The Kier molecular flexibility index (Phi) is 5.25. The van der Waals surface area contributed by atoms with Crippen molar-refractivity contribution in [2.24, 2.45) is 28.9 Å². The van der Waals surface area contributed by atoms with Gasteiger partial charge in [0.15, 0.2) is 0 Å². The number of hydrogen-bond acceptors (Lipinski definition) is 2. The number of hydrogen-bond donors (Lipinski definition) is 1. The molecule has 3 atom stereocenters. The molecular formula is C17H27BrN2. The molecule has 2 rings (SSSR count). The average Bonchev–Trinajstić information content (AvgIpc) is 2.40. The third-order valence-corrected chi connectivity index (χ3v) is 5.40.